The van der Waals surface area contributed by atoms with Crippen molar-refractivity contribution in [3.63, 3.8) is 0 Å². The zero-order chi connectivity index (χ0) is 14.0. The fourth-order valence-corrected chi connectivity index (χ4v) is 1.81. The van der Waals surface area contributed by atoms with E-state index >= 15 is 0 Å². The van der Waals surface area contributed by atoms with Crippen LogP contribution in [-0.2, 0) is 0 Å². The van der Waals surface area contributed by atoms with Crippen LogP contribution in [0.5, 0.6) is 11.5 Å². The van der Waals surface area contributed by atoms with Gasteiger partial charge in [-0.15, -0.1) is 0 Å². The molecule has 1 aromatic carbocycles. The van der Waals surface area contributed by atoms with Crippen LogP contribution in [0.3, 0.4) is 0 Å². The second kappa shape index (κ2) is 5.14. The first-order valence-electron chi connectivity index (χ1n) is 5.90. The SMILES string of the molecule is COc1ccc(-c2nc(C)c(C)nc2N)c(OC)c1. The fourth-order valence-electron chi connectivity index (χ4n) is 1.81. The van der Waals surface area contributed by atoms with Gasteiger partial charge in [0.15, 0.2) is 0 Å². The van der Waals surface area contributed by atoms with Gasteiger partial charge in [-0.3, -0.25) is 0 Å². The van der Waals surface area contributed by atoms with Gasteiger partial charge in [0.1, 0.15) is 23.0 Å². The van der Waals surface area contributed by atoms with E-state index in [2.05, 4.69) is 9.97 Å². The minimum atomic E-state index is 0.395. The normalized spacial score (nSPS) is 10.3. The maximum Gasteiger partial charge on any atom is 0.150 e. The summed E-state index contributed by atoms with van der Waals surface area (Å²) in [5.74, 6) is 1.77. The maximum atomic E-state index is 5.96. The Morgan fingerprint density at radius 3 is 2.32 bits per heavy atom. The van der Waals surface area contributed by atoms with Gasteiger partial charge in [-0.2, -0.15) is 0 Å². The summed E-state index contributed by atoms with van der Waals surface area (Å²) in [6, 6.07) is 5.51. The fraction of sp³-hybridized carbons (Fsp3) is 0.286. The Balaban J connectivity index is 2.61. The van der Waals surface area contributed by atoms with Gasteiger partial charge in [-0.1, -0.05) is 0 Å². The second-order valence-electron chi connectivity index (χ2n) is 4.19. The number of nitrogens with two attached hydrogens (primary N) is 1. The van der Waals surface area contributed by atoms with Crippen LogP contribution in [0.25, 0.3) is 11.3 Å². The molecule has 0 amide bonds. The molecule has 0 radical (unpaired) electrons. The summed E-state index contributed by atoms with van der Waals surface area (Å²) < 4.78 is 10.5. The number of anilines is 1. The summed E-state index contributed by atoms with van der Waals surface area (Å²) in [5.41, 5.74) is 9.06. The largest absolute Gasteiger partial charge is 0.497 e. The van der Waals surface area contributed by atoms with Crippen molar-refractivity contribution in [1.29, 1.82) is 0 Å². The van der Waals surface area contributed by atoms with E-state index in [0.717, 1.165) is 22.7 Å². The predicted octanol–water partition coefficient (Wildman–Crippen LogP) is 2.36. The smallest absolute Gasteiger partial charge is 0.150 e. The van der Waals surface area contributed by atoms with E-state index < -0.39 is 0 Å². The molecule has 0 aliphatic heterocycles. The minimum Gasteiger partial charge on any atom is -0.497 e. The molecule has 0 spiro atoms. The van der Waals surface area contributed by atoms with Crippen molar-refractivity contribution in [3.8, 4) is 22.8 Å². The Morgan fingerprint density at radius 2 is 1.68 bits per heavy atom. The highest BCUT2D eigenvalue weighted by molar-refractivity contribution is 5.76. The molecule has 2 N–H and O–H groups in total. The Bertz CT molecular complexity index is 612. The number of ether oxygens (including phenoxy) is 2. The number of methoxy groups -OCH3 is 2. The molecule has 0 fully saturated rings. The standard InChI is InChI=1S/C14H17N3O2/c1-8-9(2)17-14(15)13(16-8)11-6-5-10(18-3)7-12(11)19-4/h5-7H,1-4H3,(H2,15,17). The first-order valence-corrected chi connectivity index (χ1v) is 5.90. The molecule has 0 saturated heterocycles. The van der Waals surface area contributed by atoms with Crippen LogP contribution in [0.15, 0.2) is 18.2 Å². The second-order valence-corrected chi connectivity index (χ2v) is 4.19. The zero-order valence-corrected chi connectivity index (χ0v) is 11.5. The number of benzene rings is 1. The zero-order valence-electron chi connectivity index (χ0n) is 11.5. The Labute approximate surface area is 112 Å². The van der Waals surface area contributed by atoms with Crippen molar-refractivity contribution in [1.82, 2.24) is 9.97 Å². The average Bonchev–Trinajstić information content (AvgIpc) is 2.42. The molecule has 5 nitrogen and oxygen atoms in total. The first kappa shape index (κ1) is 13.1. The Kier molecular flexibility index (Phi) is 3.55. The minimum absolute atomic E-state index is 0.395. The van der Waals surface area contributed by atoms with Crippen LogP contribution in [0, 0.1) is 13.8 Å². The van der Waals surface area contributed by atoms with Crippen LogP contribution in [0.4, 0.5) is 5.82 Å². The van der Waals surface area contributed by atoms with Gasteiger partial charge in [-0.05, 0) is 26.0 Å². The Morgan fingerprint density at radius 1 is 1.00 bits per heavy atom. The van der Waals surface area contributed by atoms with Crippen LogP contribution >= 0.6 is 0 Å². The highest BCUT2D eigenvalue weighted by atomic mass is 16.5. The van der Waals surface area contributed by atoms with Crippen molar-refractivity contribution in [2.24, 2.45) is 0 Å². The van der Waals surface area contributed by atoms with Gasteiger partial charge in [-0.25, -0.2) is 9.97 Å². The monoisotopic (exact) mass is 259 g/mol. The predicted molar refractivity (Wildman–Crippen MR) is 74.5 cm³/mol. The van der Waals surface area contributed by atoms with Crippen LogP contribution in [0.1, 0.15) is 11.4 Å². The van der Waals surface area contributed by atoms with Crippen LogP contribution < -0.4 is 15.2 Å². The number of nitrogens with zero attached hydrogens (tertiary/aromatic N) is 2. The van der Waals surface area contributed by atoms with Gasteiger partial charge in [0.25, 0.3) is 0 Å². The third-order valence-corrected chi connectivity index (χ3v) is 3.00. The van der Waals surface area contributed by atoms with E-state index in [1.54, 1.807) is 20.3 Å². The molecule has 0 aliphatic rings. The topological polar surface area (TPSA) is 70.3 Å². The van der Waals surface area contributed by atoms with E-state index in [-0.39, 0.29) is 0 Å². The first-order chi connectivity index (χ1) is 9.06. The molecule has 0 unspecified atom stereocenters. The van der Waals surface area contributed by atoms with E-state index in [1.807, 2.05) is 26.0 Å². The number of nitrogen functional groups attached to an aromatic ring is 1. The molecule has 2 aromatic rings. The summed E-state index contributed by atoms with van der Waals surface area (Å²) in [5, 5.41) is 0. The summed E-state index contributed by atoms with van der Waals surface area (Å²) in [7, 11) is 3.21. The Hall–Kier alpha value is -2.30. The molecule has 1 heterocycles. The summed E-state index contributed by atoms with van der Waals surface area (Å²) in [4.78, 5) is 8.79. The van der Waals surface area contributed by atoms with Crippen molar-refractivity contribution in [2.45, 2.75) is 13.8 Å². The number of rotatable bonds is 3. The number of hydrogen-bond acceptors (Lipinski definition) is 5. The number of aryl methyl sites for hydroxylation is 2. The summed E-state index contributed by atoms with van der Waals surface area (Å²) >= 11 is 0. The van der Waals surface area contributed by atoms with Gasteiger partial charge < -0.3 is 15.2 Å². The molecule has 2 rings (SSSR count). The molecule has 0 bridgehead atoms. The molecular formula is C14H17N3O2. The molecule has 0 aliphatic carbocycles. The van der Waals surface area contributed by atoms with E-state index in [9.17, 15) is 0 Å². The maximum absolute atomic E-state index is 5.96. The van der Waals surface area contributed by atoms with Gasteiger partial charge in [0, 0.05) is 11.6 Å². The van der Waals surface area contributed by atoms with E-state index in [4.69, 9.17) is 15.2 Å². The van der Waals surface area contributed by atoms with Gasteiger partial charge >= 0.3 is 0 Å². The molecule has 5 heteroatoms. The lowest BCUT2D eigenvalue weighted by atomic mass is 10.1. The van der Waals surface area contributed by atoms with Gasteiger partial charge in [0.05, 0.1) is 25.6 Å². The third kappa shape index (κ3) is 2.45. The van der Waals surface area contributed by atoms with Crippen LogP contribution in [-0.4, -0.2) is 24.2 Å². The highest BCUT2D eigenvalue weighted by Crippen LogP contribution is 2.34. The average molecular weight is 259 g/mol. The van der Waals surface area contributed by atoms with E-state index in [1.165, 1.54) is 0 Å². The summed E-state index contributed by atoms with van der Waals surface area (Å²) in [6.45, 7) is 3.79. The molecule has 1 aromatic heterocycles. The molecule has 100 valence electrons. The molecule has 0 atom stereocenters. The highest BCUT2D eigenvalue weighted by Gasteiger charge is 2.14. The van der Waals surface area contributed by atoms with Gasteiger partial charge in [0.2, 0.25) is 0 Å². The number of aromatic nitrogens is 2. The van der Waals surface area contributed by atoms with Crippen molar-refractivity contribution >= 4 is 5.82 Å². The lowest BCUT2D eigenvalue weighted by molar-refractivity contribution is 0.395. The van der Waals surface area contributed by atoms with Crippen LogP contribution in [0.2, 0.25) is 0 Å². The molecule has 0 saturated carbocycles. The lowest BCUT2D eigenvalue weighted by Crippen LogP contribution is -2.03. The quantitative estimate of drug-likeness (QED) is 0.916. The molecule has 19 heavy (non-hydrogen) atoms. The van der Waals surface area contributed by atoms with E-state index in [0.29, 0.717) is 17.3 Å². The molecular weight excluding hydrogens is 242 g/mol. The third-order valence-electron chi connectivity index (χ3n) is 3.00. The number of hydrogen-bond donors (Lipinski definition) is 1. The summed E-state index contributed by atoms with van der Waals surface area (Å²) in [6.07, 6.45) is 0. The van der Waals surface area contributed by atoms with Crippen molar-refractivity contribution in [2.75, 3.05) is 20.0 Å². The lowest BCUT2D eigenvalue weighted by Gasteiger charge is -2.12. The van der Waals surface area contributed by atoms with Crippen molar-refractivity contribution in [3.05, 3.63) is 29.6 Å². The van der Waals surface area contributed by atoms with Crippen molar-refractivity contribution < 1.29 is 9.47 Å².